The summed E-state index contributed by atoms with van der Waals surface area (Å²) in [5, 5.41) is 0.614. The van der Waals surface area contributed by atoms with Crippen LogP contribution in [0.3, 0.4) is 0 Å². The highest BCUT2D eigenvalue weighted by molar-refractivity contribution is 6.30. The molecule has 6 heteroatoms. The molecule has 0 fully saturated rings. The smallest absolute Gasteiger partial charge is 0.254 e. The normalized spacial score (nSPS) is 10.6. The van der Waals surface area contributed by atoms with E-state index in [1.165, 1.54) is 0 Å². The van der Waals surface area contributed by atoms with Crippen molar-refractivity contribution in [3.63, 3.8) is 0 Å². The predicted molar refractivity (Wildman–Crippen MR) is 106 cm³/mol. The second kappa shape index (κ2) is 8.73. The zero-order valence-corrected chi connectivity index (χ0v) is 16.2. The molecule has 0 atom stereocenters. The number of nitrogens with zero attached hydrogens (tertiary/aromatic N) is 3. The number of carbonyl (C=O) groups is 1. The maximum Gasteiger partial charge on any atom is 0.254 e. The van der Waals surface area contributed by atoms with Crippen molar-refractivity contribution < 1.29 is 9.53 Å². The van der Waals surface area contributed by atoms with Crippen LogP contribution in [0, 0.1) is 0 Å². The lowest BCUT2D eigenvalue weighted by molar-refractivity contribution is 0.0747. The molecule has 0 radical (unpaired) electrons. The van der Waals surface area contributed by atoms with Crippen LogP contribution >= 0.6 is 11.6 Å². The molecule has 0 unspecified atom stereocenters. The van der Waals surface area contributed by atoms with Crippen LogP contribution in [0.2, 0.25) is 5.02 Å². The van der Waals surface area contributed by atoms with E-state index < -0.39 is 0 Å². The van der Waals surface area contributed by atoms with E-state index in [0.717, 1.165) is 17.1 Å². The van der Waals surface area contributed by atoms with Crippen LogP contribution in [0.4, 0.5) is 0 Å². The van der Waals surface area contributed by atoms with Crippen LogP contribution in [0.5, 0.6) is 5.75 Å². The average molecular weight is 384 g/mol. The van der Waals surface area contributed by atoms with Crippen molar-refractivity contribution in [2.75, 3.05) is 13.7 Å². The fourth-order valence-corrected chi connectivity index (χ4v) is 3.00. The van der Waals surface area contributed by atoms with E-state index in [2.05, 4.69) is 4.98 Å². The van der Waals surface area contributed by atoms with Gasteiger partial charge in [-0.05, 0) is 48.9 Å². The quantitative estimate of drug-likeness (QED) is 0.612. The molecule has 0 aliphatic carbocycles. The average Bonchev–Trinajstić information content (AvgIpc) is 3.13. The summed E-state index contributed by atoms with van der Waals surface area (Å²) >= 11 is 5.92. The first-order valence-corrected chi connectivity index (χ1v) is 9.16. The van der Waals surface area contributed by atoms with Gasteiger partial charge >= 0.3 is 0 Å². The first-order chi connectivity index (χ1) is 13.1. The first-order valence-electron chi connectivity index (χ1n) is 8.78. The minimum atomic E-state index is -0.0369. The predicted octanol–water partition coefficient (Wildman–Crippen LogP) is 4.26. The molecule has 0 bridgehead atoms. The maximum absolute atomic E-state index is 12.8. The van der Waals surface area contributed by atoms with Gasteiger partial charge in [0.15, 0.2) is 0 Å². The maximum atomic E-state index is 12.8. The second-order valence-corrected chi connectivity index (χ2v) is 6.59. The number of hydrogen-bond acceptors (Lipinski definition) is 3. The molecule has 140 valence electrons. The Balaban J connectivity index is 1.75. The van der Waals surface area contributed by atoms with E-state index in [1.807, 2.05) is 42.0 Å². The summed E-state index contributed by atoms with van der Waals surface area (Å²) in [5.41, 5.74) is 1.73. The Morgan fingerprint density at radius 2 is 2.00 bits per heavy atom. The topological polar surface area (TPSA) is 47.4 Å². The molecule has 0 spiro atoms. The van der Waals surface area contributed by atoms with E-state index in [1.54, 1.807) is 42.5 Å². The molecule has 2 aromatic carbocycles. The van der Waals surface area contributed by atoms with Gasteiger partial charge in [-0.25, -0.2) is 4.98 Å². The van der Waals surface area contributed by atoms with Gasteiger partial charge in [-0.1, -0.05) is 23.7 Å². The van der Waals surface area contributed by atoms with Crippen LogP contribution in [0.1, 0.15) is 28.7 Å². The van der Waals surface area contributed by atoms with Crippen molar-refractivity contribution in [2.24, 2.45) is 0 Å². The molecule has 0 saturated carbocycles. The Bertz CT molecular complexity index is 906. The number of halogens is 1. The van der Waals surface area contributed by atoms with E-state index in [9.17, 15) is 4.79 Å². The van der Waals surface area contributed by atoms with Crippen LogP contribution in [-0.4, -0.2) is 34.0 Å². The number of aromatic nitrogens is 2. The molecule has 3 aromatic rings. The van der Waals surface area contributed by atoms with Gasteiger partial charge in [0.1, 0.15) is 11.6 Å². The van der Waals surface area contributed by atoms with Gasteiger partial charge in [0.2, 0.25) is 0 Å². The van der Waals surface area contributed by atoms with E-state index >= 15 is 0 Å². The lowest BCUT2D eigenvalue weighted by Gasteiger charge is -2.21. The van der Waals surface area contributed by atoms with Gasteiger partial charge in [0.25, 0.3) is 5.91 Å². The number of carbonyl (C=O) groups excluding carboxylic acids is 1. The van der Waals surface area contributed by atoms with Crippen molar-refractivity contribution in [2.45, 2.75) is 20.0 Å². The van der Waals surface area contributed by atoms with Crippen molar-refractivity contribution in [1.29, 1.82) is 0 Å². The Morgan fingerprint density at radius 3 is 2.70 bits per heavy atom. The highest BCUT2D eigenvalue weighted by Crippen LogP contribution is 2.16. The molecular weight excluding hydrogens is 362 g/mol. The number of ether oxygens (including phenoxy) is 1. The van der Waals surface area contributed by atoms with Gasteiger partial charge in [-0.15, -0.1) is 0 Å². The van der Waals surface area contributed by atoms with Gasteiger partial charge in [0.05, 0.1) is 13.7 Å². The Morgan fingerprint density at radius 1 is 1.22 bits per heavy atom. The molecule has 3 rings (SSSR count). The Kier molecular flexibility index (Phi) is 6.14. The number of rotatable bonds is 7. The lowest BCUT2D eigenvalue weighted by Crippen LogP contribution is -2.31. The van der Waals surface area contributed by atoms with Crippen LogP contribution in [0.25, 0.3) is 0 Å². The van der Waals surface area contributed by atoms with Gasteiger partial charge in [-0.2, -0.15) is 0 Å². The Hall–Kier alpha value is -2.79. The van der Waals surface area contributed by atoms with E-state index in [0.29, 0.717) is 30.2 Å². The highest BCUT2D eigenvalue weighted by Gasteiger charge is 2.17. The fourth-order valence-electron chi connectivity index (χ4n) is 2.88. The van der Waals surface area contributed by atoms with E-state index in [-0.39, 0.29) is 5.91 Å². The summed E-state index contributed by atoms with van der Waals surface area (Å²) < 4.78 is 7.34. The van der Waals surface area contributed by atoms with Crippen molar-refractivity contribution >= 4 is 17.5 Å². The summed E-state index contributed by atoms with van der Waals surface area (Å²) in [7, 11) is 1.66. The monoisotopic (exact) mass is 383 g/mol. The van der Waals surface area contributed by atoms with Gasteiger partial charge < -0.3 is 14.2 Å². The zero-order chi connectivity index (χ0) is 19.2. The summed E-state index contributed by atoms with van der Waals surface area (Å²) in [6.45, 7) is 3.66. The molecule has 0 N–H and O–H groups in total. The third kappa shape index (κ3) is 4.68. The molecule has 0 aliphatic heterocycles. The number of benzene rings is 2. The number of hydrogen-bond donors (Lipinski definition) is 0. The SMILES string of the molecule is CCN(Cc1nccn1Cc1cccc(OC)c1)C(=O)c1ccc(Cl)cc1. The minimum absolute atomic E-state index is 0.0369. The summed E-state index contributed by atoms with van der Waals surface area (Å²) in [6, 6.07) is 14.9. The highest BCUT2D eigenvalue weighted by atomic mass is 35.5. The van der Waals surface area contributed by atoms with Crippen molar-refractivity contribution in [3.8, 4) is 5.75 Å². The molecule has 0 aliphatic rings. The number of imidazole rings is 1. The van der Waals surface area contributed by atoms with Crippen LogP contribution < -0.4 is 4.74 Å². The molecule has 0 saturated heterocycles. The fraction of sp³-hybridized carbons (Fsp3) is 0.238. The van der Waals surface area contributed by atoms with Gasteiger partial charge in [0, 0.05) is 36.1 Å². The molecule has 5 nitrogen and oxygen atoms in total. The third-order valence-corrected chi connectivity index (χ3v) is 4.63. The molecular formula is C21H22ClN3O2. The molecule has 1 amide bonds. The van der Waals surface area contributed by atoms with Gasteiger partial charge in [-0.3, -0.25) is 4.79 Å². The lowest BCUT2D eigenvalue weighted by atomic mass is 10.2. The number of methoxy groups -OCH3 is 1. The summed E-state index contributed by atoms with van der Waals surface area (Å²) in [5.74, 6) is 1.62. The second-order valence-electron chi connectivity index (χ2n) is 6.15. The van der Waals surface area contributed by atoms with Crippen LogP contribution in [0.15, 0.2) is 60.9 Å². The van der Waals surface area contributed by atoms with Crippen molar-refractivity contribution in [1.82, 2.24) is 14.5 Å². The molecule has 1 aromatic heterocycles. The summed E-state index contributed by atoms with van der Waals surface area (Å²) in [4.78, 5) is 19.0. The Labute approximate surface area is 164 Å². The first kappa shape index (κ1) is 19.0. The van der Waals surface area contributed by atoms with E-state index in [4.69, 9.17) is 16.3 Å². The standard InChI is InChI=1S/C21H22ClN3O2/c1-3-24(21(26)17-7-9-18(22)10-8-17)15-20-23-11-12-25(20)14-16-5-4-6-19(13-16)27-2/h4-13H,3,14-15H2,1-2H3. The molecule has 27 heavy (non-hydrogen) atoms. The molecule has 1 heterocycles. The van der Waals surface area contributed by atoms with Crippen molar-refractivity contribution in [3.05, 3.63) is 82.9 Å². The number of amides is 1. The largest absolute Gasteiger partial charge is 0.497 e. The minimum Gasteiger partial charge on any atom is -0.497 e. The zero-order valence-electron chi connectivity index (χ0n) is 15.4. The third-order valence-electron chi connectivity index (χ3n) is 4.38. The summed E-state index contributed by atoms with van der Waals surface area (Å²) in [6.07, 6.45) is 3.69. The van der Waals surface area contributed by atoms with Crippen LogP contribution in [-0.2, 0) is 13.1 Å².